The average Bonchev–Trinajstić information content (AvgIpc) is 2.38. The lowest BCUT2D eigenvalue weighted by molar-refractivity contribution is 0.250. The second kappa shape index (κ2) is 8.19. The molecule has 2 fully saturated rings. The first kappa shape index (κ1) is 14.4. The highest BCUT2D eigenvalue weighted by Crippen LogP contribution is 2.30. The van der Waals surface area contributed by atoms with Crippen molar-refractivity contribution in [1.82, 2.24) is 5.32 Å². The van der Waals surface area contributed by atoms with E-state index in [4.69, 9.17) is 0 Å². The minimum absolute atomic E-state index is 0.842. The van der Waals surface area contributed by atoms with Gasteiger partial charge in [0.25, 0.3) is 0 Å². The Morgan fingerprint density at radius 1 is 0.722 bits per heavy atom. The molecule has 0 radical (unpaired) electrons. The maximum atomic E-state index is 3.89. The largest absolute Gasteiger partial charge is 0.314 e. The zero-order valence-electron chi connectivity index (χ0n) is 12.4. The third-order valence-corrected chi connectivity index (χ3v) is 5.34. The van der Waals surface area contributed by atoms with Crippen LogP contribution in [0.2, 0.25) is 0 Å². The second-order valence-corrected chi connectivity index (χ2v) is 6.75. The lowest BCUT2D eigenvalue weighted by Gasteiger charge is -2.30. The molecular formula is C17H33N. The van der Waals surface area contributed by atoms with Gasteiger partial charge in [-0.3, -0.25) is 0 Å². The van der Waals surface area contributed by atoms with Crippen LogP contribution in [-0.4, -0.2) is 12.6 Å². The van der Waals surface area contributed by atoms with Gasteiger partial charge in [0, 0.05) is 6.04 Å². The van der Waals surface area contributed by atoms with Gasteiger partial charge < -0.3 is 5.32 Å². The first-order valence-electron chi connectivity index (χ1n) is 8.62. The highest BCUT2D eigenvalue weighted by atomic mass is 14.9. The fraction of sp³-hybridized carbons (Fsp3) is 1.00. The molecule has 18 heavy (non-hydrogen) atoms. The van der Waals surface area contributed by atoms with Crippen LogP contribution in [0.25, 0.3) is 0 Å². The zero-order valence-corrected chi connectivity index (χ0v) is 12.4. The minimum atomic E-state index is 0.842. The summed E-state index contributed by atoms with van der Waals surface area (Å²) in [5.74, 6) is 2.03. The summed E-state index contributed by atoms with van der Waals surface area (Å²) in [6.07, 6.45) is 17.6. The van der Waals surface area contributed by atoms with Crippen molar-refractivity contribution in [3.8, 4) is 0 Å². The van der Waals surface area contributed by atoms with Gasteiger partial charge in [-0.15, -0.1) is 0 Å². The Morgan fingerprint density at radius 3 is 1.89 bits per heavy atom. The van der Waals surface area contributed by atoms with Crippen molar-refractivity contribution >= 4 is 0 Å². The predicted molar refractivity (Wildman–Crippen MR) is 79.8 cm³/mol. The van der Waals surface area contributed by atoms with E-state index in [2.05, 4.69) is 12.2 Å². The summed E-state index contributed by atoms with van der Waals surface area (Å²) in [5.41, 5.74) is 0. The van der Waals surface area contributed by atoms with Crippen molar-refractivity contribution in [2.75, 3.05) is 6.54 Å². The molecular weight excluding hydrogens is 218 g/mol. The van der Waals surface area contributed by atoms with Gasteiger partial charge in [0.15, 0.2) is 0 Å². The highest BCUT2D eigenvalue weighted by Gasteiger charge is 2.20. The third kappa shape index (κ3) is 4.91. The topological polar surface area (TPSA) is 12.0 Å². The van der Waals surface area contributed by atoms with Crippen molar-refractivity contribution in [3.05, 3.63) is 0 Å². The summed E-state index contributed by atoms with van der Waals surface area (Å²) in [6.45, 7) is 3.67. The Bertz CT molecular complexity index is 198. The van der Waals surface area contributed by atoms with Crippen LogP contribution in [0.15, 0.2) is 0 Å². The van der Waals surface area contributed by atoms with Gasteiger partial charge in [-0.2, -0.15) is 0 Å². The Hall–Kier alpha value is -0.0400. The molecule has 0 aromatic carbocycles. The van der Waals surface area contributed by atoms with E-state index in [0.717, 1.165) is 17.9 Å². The summed E-state index contributed by atoms with van der Waals surface area (Å²) in [4.78, 5) is 0. The predicted octanol–water partition coefficient (Wildman–Crippen LogP) is 4.91. The van der Waals surface area contributed by atoms with Gasteiger partial charge in [-0.25, -0.2) is 0 Å². The maximum absolute atomic E-state index is 3.89. The summed E-state index contributed by atoms with van der Waals surface area (Å²) >= 11 is 0. The smallest absolute Gasteiger partial charge is 0.00671 e. The molecule has 0 aromatic heterocycles. The second-order valence-electron chi connectivity index (χ2n) is 6.75. The van der Waals surface area contributed by atoms with Crippen LogP contribution in [0, 0.1) is 11.8 Å². The average molecular weight is 251 g/mol. The van der Waals surface area contributed by atoms with Crippen molar-refractivity contribution in [3.63, 3.8) is 0 Å². The van der Waals surface area contributed by atoms with Crippen molar-refractivity contribution in [2.24, 2.45) is 11.8 Å². The fourth-order valence-corrected chi connectivity index (χ4v) is 3.84. The zero-order chi connectivity index (χ0) is 12.6. The van der Waals surface area contributed by atoms with Crippen LogP contribution in [0.4, 0.5) is 0 Å². The van der Waals surface area contributed by atoms with E-state index in [9.17, 15) is 0 Å². The maximum Gasteiger partial charge on any atom is 0.00671 e. The molecule has 1 heteroatoms. The van der Waals surface area contributed by atoms with Crippen LogP contribution in [-0.2, 0) is 0 Å². The minimum Gasteiger partial charge on any atom is -0.314 e. The Kier molecular flexibility index (Phi) is 6.54. The van der Waals surface area contributed by atoms with Crippen LogP contribution in [0.3, 0.4) is 0 Å². The molecule has 2 aliphatic carbocycles. The molecule has 0 aliphatic heterocycles. The monoisotopic (exact) mass is 251 g/mol. The number of nitrogens with one attached hydrogen (secondary N) is 1. The molecule has 106 valence electrons. The SMILES string of the molecule is CCC1CCC(CNC2CCCCCCC2)CC1. The standard InChI is InChI=1S/C17H33N/c1-2-15-10-12-16(13-11-15)14-18-17-8-6-4-3-5-7-9-17/h15-18H,2-14H2,1H3. The van der Waals surface area contributed by atoms with Crippen molar-refractivity contribution in [2.45, 2.75) is 90.0 Å². The molecule has 1 N–H and O–H groups in total. The van der Waals surface area contributed by atoms with Crippen LogP contribution in [0.5, 0.6) is 0 Å². The molecule has 2 saturated carbocycles. The van der Waals surface area contributed by atoms with Gasteiger partial charge in [0.2, 0.25) is 0 Å². The van der Waals surface area contributed by atoms with E-state index in [-0.39, 0.29) is 0 Å². The lowest BCUT2D eigenvalue weighted by Crippen LogP contribution is -2.35. The fourth-order valence-electron chi connectivity index (χ4n) is 3.84. The Labute approximate surface area is 114 Å². The van der Waals surface area contributed by atoms with E-state index in [1.54, 1.807) is 0 Å². The molecule has 0 aromatic rings. The molecule has 2 aliphatic rings. The van der Waals surface area contributed by atoms with Gasteiger partial charge in [0.1, 0.15) is 0 Å². The molecule has 0 atom stereocenters. The van der Waals surface area contributed by atoms with Gasteiger partial charge in [-0.05, 0) is 44.1 Å². The van der Waals surface area contributed by atoms with Gasteiger partial charge in [-0.1, -0.05) is 58.3 Å². The van der Waals surface area contributed by atoms with Crippen LogP contribution >= 0.6 is 0 Å². The van der Waals surface area contributed by atoms with E-state index >= 15 is 0 Å². The molecule has 1 nitrogen and oxygen atoms in total. The number of hydrogen-bond donors (Lipinski definition) is 1. The first-order chi connectivity index (χ1) is 8.88. The summed E-state index contributed by atoms with van der Waals surface area (Å²) in [7, 11) is 0. The number of rotatable bonds is 4. The quantitative estimate of drug-likeness (QED) is 0.749. The molecule has 2 rings (SSSR count). The summed E-state index contributed by atoms with van der Waals surface area (Å²) in [5, 5.41) is 3.89. The number of hydrogen-bond acceptors (Lipinski definition) is 1. The Morgan fingerprint density at radius 2 is 1.28 bits per heavy atom. The van der Waals surface area contributed by atoms with E-state index in [1.165, 1.54) is 83.6 Å². The van der Waals surface area contributed by atoms with E-state index < -0.39 is 0 Å². The summed E-state index contributed by atoms with van der Waals surface area (Å²) < 4.78 is 0. The Balaban J connectivity index is 1.61. The third-order valence-electron chi connectivity index (χ3n) is 5.34. The molecule has 0 spiro atoms. The molecule has 0 unspecified atom stereocenters. The lowest BCUT2D eigenvalue weighted by atomic mass is 9.80. The van der Waals surface area contributed by atoms with Crippen molar-refractivity contribution in [1.29, 1.82) is 0 Å². The van der Waals surface area contributed by atoms with Gasteiger partial charge >= 0.3 is 0 Å². The highest BCUT2D eigenvalue weighted by molar-refractivity contribution is 4.76. The molecule has 0 saturated heterocycles. The summed E-state index contributed by atoms with van der Waals surface area (Å²) in [6, 6.07) is 0.842. The van der Waals surface area contributed by atoms with E-state index in [1.807, 2.05) is 0 Å². The normalized spacial score (nSPS) is 31.8. The van der Waals surface area contributed by atoms with Crippen LogP contribution < -0.4 is 5.32 Å². The van der Waals surface area contributed by atoms with Crippen LogP contribution in [0.1, 0.15) is 84.0 Å². The molecule has 0 bridgehead atoms. The first-order valence-corrected chi connectivity index (χ1v) is 8.62. The van der Waals surface area contributed by atoms with Gasteiger partial charge in [0.05, 0.1) is 0 Å². The molecule has 0 amide bonds. The molecule has 0 heterocycles. The van der Waals surface area contributed by atoms with E-state index in [0.29, 0.717) is 0 Å². The van der Waals surface area contributed by atoms with Crippen molar-refractivity contribution < 1.29 is 0 Å².